The van der Waals surface area contributed by atoms with Crippen LogP contribution in [0.5, 0.6) is 0 Å². The Kier molecular flexibility index (Phi) is 3.73. The molecular formula is C12H11BrClN3O. The summed E-state index contributed by atoms with van der Waals surface area (Å²) in [5.74, 6) is 0.349. The number of nitrogens with zero attached hydrogens (tertiary/aromatic N) is 1. The van der Waals surface area contributed by atoms with Crippen molar-refractivity contribution >= 4 is 39.0 Å². The van der Waals surface area contributed by atoms with Crippen molar-refractivity contribution < 1.29 is 0 Å². The van der Waals surface area contributed by atoms with E-state index < -0.39 is 0 Å². The van der Waals surface area contributed by atoms with Crippen molar-refractivity contribution in [2.75, 3.05) is 5.32 Å². The van der Waals surface area contributed by atoms with Gasteiger partial charge in [0.05, 0.1) is 6.33 Å². The van der Waals surface area contributed by atoms with Crippen LogP contribution in [0.3, 0.4) is 0 Å². The molecule has 2 rings (SSSR count). The van der Waals surface area contributed by atoms with Crippen LogP contribution in [0.25, 0.3) is 0 Å². The molecule has 1 heterocycles. The minimum Gasteiger partial charge on any atom is -0.339 e. The predicted molar refractivity (Wildman–Crippen MR) is 76.8 cm³/mol. The van der Waals surface area contributed by atoms with Crippen LogP contribution in [0.15, 0.2) is 27.7 Å². The van der Waals surface area contributed by atoms with E-state index >= 15 is 0 Å². The minimum atomic E-state index is -0.361. The Balaban J connectivity index is 2.40. The first-order valence-electron chi connectivity index (χ1n) is 5.26. The van der Waals surface area contributed by atoms with E-state index in [0.717, 1.165) is 21.3 Å². The normalized spacial score (nSPS) is 10.4. The Hall–Kier alpha value is -1.33. The fourth-order valence-electron chi connectivity index (χ4n) is 1.62. The molecule has 94 valence electrons. The summed E-state index contributed by atoms with van der Waals surface area (Å²) in [7, 11) is 0. The summed E-state index contributed by atoms with van der Waals surface area (Å²) in [6, 6.07) is 3.91. The van der Waals surface area contributed by atoms with Crippen molar-refractivity contribution in [1.82, 2.24) is 9.97 Å². The maximum atomic E-state index is 11.3. The van der Waals surface area contributed by atoms with Gasteiger partial charge in [-0.2, -0.15) is 0 Å². The Bertz CT molecular complexity index is 631. The molecule has 2 N–H and O–H groups in total. The van der Waals surface area contributed by atoms with Gasteiger partial charge in [-0.3, -0.25) is 4.79 Å². The number of benzene rings is 1. The molecule has 1 aromatic heterocycles. The Morgan fingerprint density at radius 3 is 2.56 bits per heavy atom. The van der Waals surface area contributed by atoms with Crippen molar-refractivity contribution in [3.05, 3.63) is 49.4 Å². The van der Waals surface area contributed by atoms with Crippen LogP contribution in [0.2, 0.25) is 5.02 Å². The van der Waals surface area contributed by atoms with Gasteiger partial charge in [-0.15, -0.1) is 0 Å². The van der Waals surface area contributed by atoms with Crippen molar-refractivity contribution in [1.29, 1.82) is 0 Å². The lowest BCUT2D eigenvalue weighted by molar-refractivity contribution is 1.12. The number of hydrogen-bond acceptors (Lipinski definition) is 3. The second-order valence-corrected chi connectivity index (χ2v) is 5.11. The van der Waals surface area contributed by atoms with Gasteiger partial charge in [0.2, 0.25) is 0 Å². The van der Waals surface area contributed by atoms with E-state index in [4.69, 9.17) is 11.6 Å². The summed E-state index contributed by atoms with van der Waals surface area (Å²) in [6.07, 6.45) is 1.31. The third-order valence-electron chi connectivity index (χ3n) is 2.50. The van der Waals surface area contributed by atoms with E-state index in [1.807, 2.05) is 26.0 Å². The van der Waals surface area contributed by atoms with Crippen LogP contribution >= 0.6 is 27.5 Å². The highest BCUT2D eigenvalue weighted by molar-refractivity contribution is 9.10. The van der Waals surface area contributed by atoms with Gasteiger partial charge in [0, 0.05) is 10.2 Å². The van der Waals surface area contributed by atoms with E-state index in [9.17, 15) is 4.79 Å². The molecule has 1 aromatic carbocycles. The second kappa shape index (κ2) is 5.12. The Labute approximate surface area is 118 Å². The summed E-state index contributed by atoms with van der Waals surface area (Å²) in [6.45, 7) is 3.99. The third kappa shape index (κ3) is 2.57. The molecular weight excluding hydrogens is 318 g/mol. The van der Waals surface area contributed by atoms with Gasteiger partial charge in [-0.25, -0.2) is 4.98 Å². The molecule has 0 aliphatic carbocycles. The lowest BCUT2D eigenvalue weighted by Gasteiger charge is -2.10. The van der Waals surface area contributed by atoms with Gasteiger partial charge in [0.1, 0.15) is 5.02 Å². The fourth-order valence-corrected chi connectivity index (χ4v) is 2.00. The molecule has 0 radical (unpaired) electrons. The molecule has 0 aliphatic rings. The zero-order chi connectivity index (χ0) is 13.3. The topological polar surface area (TPSA) is 57.8 Å². The van der Waals surface area contributed by atoms with E-state index in [1.165, 1.54) is 6.33 Å². The smallest absolute Gasteiger partial charge is 0.271 e. The number of anilines is 2. The number of nitrogens with one attached hydrogen (secondary N) is 2. The first-order chi connectivity index (χ1) is 8.49. The van der Waals surface area contributed by atoms with E-state index in [-0.39, 0.29) is 10.6 Å². The van der Waals surface area contributed by atoms with Gasteiger partial charge in [0.25, 0.3) is 5.56 Å². The van der Waals surface area contributed by atoms with Crippen LogP contribution in [-0.4, -0.2) is 9.97 Å². The predicted octanol–water partition coefficient (Wildman–Crippen LogP) is 3.55. The first kappa shape index (κ1) is 13.1. The molecule has 0 amide bonds. The monoisotopic (exact) mass is 327 g/mol. The molecule has 0 aliphatic heterocycles. The van der Waals surface area contributed by atoms with Crippen LogP contribution in [-0.2, 0) is 0 Å². The number of aromatic amines is 1. The average molecular weight is 329 g/mol. The van der Waals surface area contributed by atoms with Crippen LogP contribution in [0.4, 0.5) is 11.5 Å². The summed E-state index contributed by atoms with van der Waals surface area (Å²) in [5.41, 5.74) is 2.67. The zero-order valence-electron chi connectivity index (χ0n) is 9.84. The molecule has 0 fully saturated rings. The molecule has 4 nitrogen and oxygen atoms in total. The Morgan fingerprint density at radius 1 is 1.33 bits per heavy atom. The molecule has 0 atom stereocenters. The summed E-state index contributed by atoms with van der Waals surface area (Å²) in [4.78, 5) is 17.8. The third-order valence-corrected chi connectivity index (χ3v) is 4.10. The second-order valence-electron chi connectivity index (χ2n) is 3.94. The highest BCUT2D eigenvalue weighted by Crippen LogP contribution is 2.27. The molecule has 0 bridgehead atoms. The van der Waals surface area contributed by atoms with Crippen molar-refractivity contribution in [3.8, 4) is 0 Å². The van der Waals surface area contributed by atoms with Gasteiger partial charge in [0.15, 0.2) is 5.82 Å². The number of halogens is 2. The van der Waals surface area contributed by atoms with Crippen LogP contribution < -0.4 is 10.9 Å². The van der Waals surface area contributed by atoms with Crippen LogP contribution in [0.1, 0.15) is 11.1 Å². The maximum Gasteiger partial charge on any atom is 0.271 e. The molecule has 6 heteroatoms. The lowest BCUT2D eigenvalue weighted by atomic mass is 10.1. The van der Waals surface area contributed by atoms with Crippen molar-refractivity contribution in [3.63, 3.8) is 0 Å². The minimum absolute atomic E-state index is 0.0516. The van der Waals surface area contributed by atoms with Crippen molar-refractivity contribution in [2.45, 2.75) is 13.8 Å². The summed E-state index contributed by atoms with van der Waals surface area (Å²) >= 11 is 9.38. The number of H-pyrrole nitrogens is 1. The summed E-state index contributed by atoms with van der Waals surface area (Å²) < 4.78 is 1.07. The quantitative estimate of drug-likeness (QED) is 0.886. The lowest BCUT2D eigenvalue weighted by Crippen LogP contribution is -2.09. The van der Waals surface area contributed by atoms with Gasteiger partial charge < -0.3 is 10.3 Å². The van der Waals surface area contributed by atoms with Gasteiger partial charge in [-0.1, -0.05) is 27.5 Å². The van der Waals surface area contributed by atoms with E-state index in [1.54, 1.807) is 0 Å². The zero-order valence-corrected chi connectivity index (χ0v) is 12.2. The largest absolute Gasteiger partial charge is 0.339 e. The molecule has 0 spiro atoms. The van der Waals surface area contributed by atoms with Gasteiger partial charge >= 0.3 is 0 Å². The fraction of sp³-hybridized carbons (Fsp3) is 0.167. The standard InChI is InChI=1S/C12H11BrClN3O/c1-6-3-8(4-7(2)9(6)13)17-11-10(14)12(18)16-5-15-11/h3-5H,1-2H3,(H2,15,16,17,18). The molecule has 18 heavy (non-hydrogen) atoms. The highest BCUT2D eigenvalue weighted by Gasteiger charge is 2.08. The number of hydrogen-bond donors (Lipinski definition) is 2. The van der Waals surface area contributed by atoms with Crippen LogP contribution in [0, 0.1) is 13.8 Å². The maximum absolute atomic E-state index is 11.3. The molecule has 0 unspecified atom stereocenters. The molecule has 0 saturated carbocycles. The number of rotatable bonds is 2. The highest BCUT2D eigenvalue weighted by atomic mass is 79.9. The van der Waals surface area contributed by atoms with Gasteiger partial charge in [-0.05, 0) is 37.1 Å². The van der Waals surface area contributed by atoms with E-state index in [2.05, 4.69) is 31.2 Å². The first-order valence-corrected chi connectivity index (χ1v) is 6.43. The Morgan fingerprint density at radius 2 is 1.94 bits per heavy atom. The number of aromatic nitrogens is 2. The van der Waals surface area contributed by atoms with Crippen molar-refractivity contribution in [2.24, 2.45) is 0 Å². The van der Waals surface area contributed by atoms with E-state index in [0.29, 0.717) is 5.82 Å². The molecule has 0 saturated heterocycles. The summed E-state index contributed by atoms with van der Waals surface area (Å²) in [5, 5.41) is 3.09. The average Bonchev–Trinajstić information content (AvgIpc) is 2.32. The number of aryl methyl sites for hydroxylation is 2. The SMILES string of the molecule is Cc1cc(Nc2nc[nH]c(=O)c2Cl)cc(C)c1Br. The molecule has 2 aromatic rings.